The average molecular weight is 223 g/mol. The van der Waals surface area contributed by atoms with Crippen LogP contribution in [0.4, 0.5) is 8.78 Å². The van der Waals surface area contributed by atoms with Gasteiger partial charge in [-0.15, -0.1) is 0 Å². The van der Waals surface area contributed by atoms with Crippen molar-refractivity contribution in [2.45, 2.75) is 31.7 Å². The first kappa shape index (κ1) is 11.3. The van der Waals surface area contributed by atoms with Crippen LogP contribution in [0.5, 0.6) is 0 Å². The summed E-state index contributed by atoms with van der Waals surface area (Å²) in [7, 11) is 0. The number of halogens is 2. The first-order valence-corrected chi connectivity index (χ1v) is 5.52. The molecule has 0 spiro atoms. The maximum absolute atomic E-state index is 13.4. The highest BCUT2D eigenvalue weighted by molar-refractivity contribution is 5.25. The van der Waals surface area contributed by atoms with Crippen LogP contribution in [0.15, 0.2) is 29.8 Å². The van der Waals surface area contributed by atoms with Gasteiger partial charge < -0.3 is 5.73 Å². The van der Waals surface area contributed by atoms with Crippen LogP contribution in [0, 0.1) is 11.6 Å². The second-order valence-electron chi connectivity index (χ2n) is 4.31. The molecule has 0 saturated heterocycles. The number of hydrogen-bond donors (Lipinski definition) is 1. The minimum absolute atomic E-state index is 0.238. The lowest BCUT2D eigenvalue weighted by atomic mass is 9.91. The van der Waals surface area contributed by atoms with E-state index < -0.39 is 11.6 Å². The minimum Gasteiger partial charge on any atom is -0.327 e. The smallest absolute Gasteiger partial charge is 0.129 e. The van der Waals surface area contributed by atoms with Gasteiger partial charge in [-0.3, -0.25) is 0 Å². The molecular weight excluding hydrogens is 208 g/mol. The van der Waals surface area contributed by atoms with E-state index >= 15 is 0 Å². The van der Waals surface area contributed by atoms with Gasteiger partial charge in [0.25, 0.3) is 0 Å². The first-order chi connectivity index (χ1) is 7.65. The van der Waals surface area contributed by atoms with Crippen LogP contribution in [0.2, 0.25) is 0 Å². The maximum Gasteiger partial charge on any atom is 0.129 e. The van der Waals surface area contributed by atoms with Crippen molar-refractivity contribution in [3.63, 3.8) is 0 Å². The van der Waals surface area contributed by atoms with Gasteiger partial charge in [0.15, 0.2) is 0 Å². The molecular formula is C13H15F2N. The maximum atomic E-state index is 13.4. The molecule has 2 N–H and O–H groups in total. The van der Waals surface area contributed by atoms with Crippen molar-refractivity contribution in [3.05, 3.63) is 47.0 Å². The summed E-state index contributed by atoms with van der Waals surface area (Å²) in [6, 6.07) is 3.99. The van der Waals surface area contributed by atoms with Crippen LogP contribution in [0.1, 0.15) is 24.8 Å². The van der Waals surface area contributed by atoms with E-state index in [-0.39, 0.29) is 6.04 Å². The van der Waals surface area contributed by atoms with Crippen LogP contribution in [0.3, 0.4) is 0 Å². The Kier molecular flexibility index (Phi) is 3.34. The van der Waals surface area contributed by atoms with Gasteiger partial charge >= 0.3 is 0 Å². The second-order valence-corrected chi connectivity index (χ2v) is 4.31. The van der Waals surface area contributed by atoms with E-state index in [0.29, 0.717) is 12.0 Å². The van der Waals surface area contributed by atoms with E-state index in [9.17, 15) is 8.78 Å². The molecule has 0 radical (unpaired) electrons. The summed E-state index contributed by atoms with van der Waals surface area (Å²) in [5.41, 5.74) is 7.53. The lowest BCUT2D eigenvalue weighted by Crippen LogP contribution is -2.22. The Hall–Kier alpha value is -1.22. The van der Waals surface area contributed by atoms with Gasteiger partial charge in [-0.2, -0.15) is 0 Å². The molecule has 16 heavy (non-hydrogen) atoms. The predicted octanol–water partition coefficient (Wildman–Crippen LogP) is 2.94. The molecule has 0 bridgehead atoms. The van der Waals surface area contributed by atoms with Crippen molar-refractivity contribution in [2.75, 3.05) is 0 Å². The predicted molar refractivity (Wildman–Crippen MR) is 60.0 cm³/mol. The second kappa shape index (κ2) is 4.74. The standard InChI is InChI=1S/C13H15F2N/c14-11-4-3-10(13(15)8-11)7-9-1-5-12(16)6-2-9/h1,3-4,8,12H,2,5-7,16H2. The Labute approximate surface area is 94.0 Å². The zero-order valence-electron chi connectivity index (χ0n) is 9.05. The fourth-order valence-corrected chi connectivity index (χ4v) is 1.98. The van der Waals surface area contributed by atoms with Gasteiger partial charge in [-0.1, -0.05) is 17.7 Å². The van der Waals surface area contributed by atoms with E-state index in [1.54, 1.807) is 0 Å². The molecule has 3 heteroatoms. The Balaban J connectivity index is 2.09. The summed E-state index contributed by atoms with van der Waals surface area (Å²) in [4.78, 5) is 0. The molecule has 0 amide bonds. The van der Waals surface area contributed by atoms with Crippen LogP contribution in [-0.4, -0.2) is 6.04 Å². The Bertz CT molecular complexity index is 412. The van der Waals surface area contributed by atoms with E-state index in [0.717, 1.165) is 25.3 Å². The number of allylic oxidation sites excluding steroid dienone is 1. The Morgan fingerprint density at radius 2 is 2.12 bits per heavy atom. The van der Waals surface area contributed by atoms with Crippen LogP contribution in [-0.2, 0) is 6.42 Å². The zero-order chi connectivity index (χ0) is 11.5. The van der Waals surface area contributed by atoms with Crippen molar-refractivity contribution in [1.82, 2.24) is 0 Å². The summed E-state index contributed by atoms with van der Waals surface area (Å²) < 4.78 is 26.1. The summed E-state index contributed by atoms with van der Waals surface area (Å²) in [6.07, 6.45) is 5.38. The van der Waals surface area contributed by atoms with E-state index in [4.69, 9.17) is 5.73 Å². The average Bonchev–Trinajstić information content (AvgIpc) is 2.25. The molecule has 2 rings (SSSR count). The lowest BCUT2D eigenvalue weighted by molar-refractivity contribution is 0.563. The fraction of sp³-hybridized carbons (Fsp3) is 0.385. The molecule has 1 nitrogen and oxygen atoms in total. The first-order valence-electron chi connectivity index (χ1n) is 5.52. The normalized spacial score (nSPS) is 20.7. The minimum atomic E-state index is -0.527. The monoisotopic (exact) mass is 223 g/mol. The number of benzene rings is 1. The molecule has 0 saturated carbocycles. The molecule has 0 aromatic heterocycles. The molecule has 0 heterocycles. The number of rotatable bonds is 2. The summed E-state index contributed by atoms with van der Waals surface area (Å²) in [5.74, 6) is -0.989. The molecule has 0 aliphatic heterocycles. The van der Waals surface area contributed by atoms with Gasteiger partial charge in [0.2, 0.25) is 0 Å². The number of hydrogen-bond acceptors (Lipinski definition) is 1. The van der Waals surface area contributed by atoms with Gasteiger partial charge in [0, 0.05) is 12.1 Å². The van der Waals surface area contributed by atoms with Gasteiger partial charge in [-0.05, 0) is 37.3 Å². The molecule has 1 aliphatic carbocycles. The Morgan fingerprint density at radius 1 is 1.31 bits per heavy atom. The van der Waals surface area contributed by atoms with E-state index in [1.807, 2.05) is 0 Å². The lowest BCUT2D eigenvalue weighted by Gasteiger charge is -2.18. The molecule has 86 valence electrons. The summed E-state index contributed by atoms with van der Waals surface area (Å²) >= 11 is 0. The van der Waals surface area contributed by atoms with Gasteiger partial charge in [0.05, 0.1) is 0 Å². The van der Waals surface area contributed by atoms with Crippen LogP contribution < -0.4 is 5.73 Å². The van der Waals surface area contributed by atoms with Crippen molar-refractivity contribution in [1.29, 1.82) is 0 Å². The largest absolute Gasteiger partial charge is 0.327 e. The van der Waals surface area contributed by atoms with Crippen molar-refractivity contribution in [2.24, 2.45) is 5.73 Å². The van der Waals surface area contributed by atoms with Crippen molar-refractivity contribution >= 4 is 0 Å². The van der Waals surface area contributed by atoms with Crippen molar-refractivity contribution in [3.8, 4) is 0 Å². The zero-order valence-corrected chi connectivity index (χ0v) is 9.05. The van der Waals surface area contributed by atoms with Crippen molar-refractivity contribution < 1.29 is 8.78 Å². The Morgan fingerprint density at radius 3 is 2.75 bits per heavy atom. The topological polar surface area (TPSA) is 26.0 Å². The highest BCUT2D eigenvalue weighted by Gasteiger charge is 2.12. The summed E-state index contributed by atoms with van der Waals surface area (Å²) in [5, 5.41) is 0. The van der Waals surface area contributed by atoms with Crippen LogP contribution in [0.25, 0.3) is 0 Å². The SMILES string of the molecule is NC1CC=C(Cc2ccc(F)cc2F)CC1. The fourth-order valence-electron chi connectivity index (χ4n) is 1.98. The molecule has 1 unspecified atom stereocenters. The summed E-state index contributed by atoms with van der Waals surface area (Å²) in [6.45, 7) is 0. The highest BCUT2D eigenvalue weighted by atomic mass is 19.1. The quantitative estimate of drug-likeness (QED) is 0.766. The number of nitrogens with two attached hydrogens (primary N) is 1. The highest BCUT2D eigenvalue weighted by Crippen LogP contribution is 2.22. The molecule has 1 aromatic rings. The third kappa shape index (κ3) is 2.67. The third-order valence-corrected chi connectivity index (χ3v) is 2.98. The molecule has 0 fully saturated rings. The van der Waals surface area contributed by atoms with E-state index in [2.05, 4.69) is 6.08 Å². The van der Waals surface area contributed by atoms with Gasteiger partial charge in [0.1, 0.15) is 11.6 Å². The van der Waals surface area contributed by atoms with Gasteiger partial charge in [-0.25, -0.2) is 8.78 Å². The van der Waals surface area contributed by atoms with Crippen LogP contribution >= 0.6 is 0 Å². The third-order valence-electron chi connectivity index (χ3n) is 2.98. The molecule has 1 aromatic carbocycles. The molecule has 1 atom stereocenters. The van der Waals surface area contributed by atoms with E-state index in [1.165, 1.54) is 17.7 Å². The molecule has 1 aliphatic rings.